The standard InChI is InChI=1S/C17H24O2/c18-16-8-3-1-2-4-9-17(16)19-15-11-10-13-6-5-7-14(13)12-15/h10-12,16-18H,1-9H2. The minimum absolute atomic E-state index is 0.0141. The Kier molecular flexibility index (Phi) is 4.07. The van der Waals surface area contributed by atoms with Crippen molar-refractivity contribution in [3.05, 3.63) is 29.3 Å². The molecule has 0 bridgehead atoms. The van der Waals surface area contributed by atoms with Crippen molar-refractivity contribution in [3.63, 3.8) is 0 Å². The van der Waals surface area contributed by atoms with Crippen molar-refractivity contribution in [3.8, 4) is 5.75 Å². The van der Waals surface area contributed by atoms with Crippen LogP contribution >= 0.6 is 0 Å². The van der Waals surface area contributed by atoms with Crippen LogP contribution in [0.2, 0.25) is 0 Å². The Bertz CT molecular complexity index is 427. The summed E-state index contributed by atoms with van der Waals surface area (Å²) in [4.78, 5) is 0. The van der Waals surface area contributed by atoms with E-state index in [0.717, 1.165) is 25.0 Å². The maximum Gasteiger partial charge on any atom is 0.124 e. The van der Waals surface area contributed by atoms with Gasteiger partial charge in [-0.1, -0.05) is 25.3 Å². The first kappa shape index (κ1) is 13.0. The molecular formula is C17H24O2. The highest BCUT2D eigenvalue weighted by Crippen LogP contribution is 2.28. The van der Waals surface area contributed by atoms with Crippen molar-refractivity contribution in [2.45, 2.75) is 70.0 Å². The molecule has 1 N–H and O–H groups in total. The quantitative estimate of drug-likeness (QED) is 0.879. The molecule has 2 aliphatic carbocycles. The molecule has 0 spiro atoms. The van der Waals surface area contributed by atoms with Crippen LogP contribution in [-0.2, 0) is 12.8 Å². The summed E-state index contributed by atoms with van der Waals surface area (Å²) in [5.41, 5.74) is 2.92. The largest absolute Gasteiger partial charge is 0.488 e. The van der Waals surface area contributed by atoms with Crippen LogP contribution in [0, 0.1) is 0 Å². The fourth-order valence-electron chi connectivity index (χ4n) is 3.36. The molecule has 3 rings (SSSR count). The van der Waals surface area contributed by atoms with E-state index < -0.39 is 0 Å². The van der Waals surface area contributed by atoms with E-state index in [1.54, 1.807) is 0 Å². The van der Waals surface area contributed by atoms with E-state index in [-0.39, 0.29) is 12.2 Å². The van der Waals surface area contributed by atoms with Crippen molar-refractivity contribution in [2.75, 3.05) is 0 Å². The zero-order valence-corrected chi connectivity index (χ0v) is 11.6. The Morgan fingerprint density at radius 1 is 0.895 bits per heavy atom. The predicted octanol–water partition coefficient (Wildman–Crippen LogP) is 3.64. The van der Waals surface area contributed by atoms with Crippen molar-refractivity contribution in [1.29, 1.82) is 0 Å². The van der Waals surface area contributed by atoms with Gasteiger partial charge in [-0.15, -0.1) is 0 Å². The predicted molar refractivity (Wildman–Crippen MR) is 76.6 cm³/mol. The molecule has 0 saturated heterocycles. The summed E-state index contributed by atoms with van der Waals surface area (Å²) >= 11 is 0. The lowest BCUT2D eigenvalue weighted by atomic mass is 9.96. The number of rotatable bonds is 2. The Balaban J connectivity index is 1.68. The fourth-order valence-corrected chi connectivity index (χ4v) is 3.36. The van der Waals surface area contributed by atoms with Crippen LogP contribution < -0.4 is 4.74 Å². The second-order valence-corrected chi connectivity index (χ2v) is 6.00. The number of aliphatic hydroxyl groups is 1. The molecule has 19 heavy (non-hydrogen) atoms. The Hall–Kier alpha value is -1.02. The van der Waals surface area contributed by atoms with Gasteiger partial charge in [0.2, 0.25) is 0 Å². The molecule has 0 heterocycles. The SMILES string of the molecule is OC1CCCCCCC1Oc1ccc2c(c1)CCC2. The van der Waals surface area contributed by atoms with Gasteiger partial charge in [0.05, 0.1) is 6.10 Å². The average molecular weight is 260 g/mol. The fraction of sp³-hybridized carbons (Fsp3) is 0.647. The van der Waals surface area contributed by atoms with Crippen LogP contribution in [0.4, 0.5) is 0 Å². The lowest BCUT2D eigenvalue weighted by Crippen LogP contribution is -2.32. The van der Waals surface area contributed by atoms with Gasteiger partial charge < -0.3 is 9.84 Å². The topological polar surface area (TPSA) is 29.5 Å². The third kappa shape index (κ3) is 3.11. The first-order valence-corrected chi connectivity index (χ1v) is 7.79. The summed E-state index contributed by atoms with van der Waals surface area (Å²) in [6.45, 7) is 0. The summed E-state index contributed by atoms with van der Waals surface area (Å²) in [7, 11) is 0. The van der Waals surface area contributed by atoms with Gasteiger partial charge in [-0.3, -0.25) is 0 Å². The second kappa shape index (κ2) is 5.96. The van der Waals surface area contributed by atoms with Gasteiger partial charge >= 0.3 is 0 Å². The molecule has 0 radical (unpaired) electrons. The molecule has 2 unspecified atom stereocenters. The minimum atomic E-state index is -0.298. The van der Waals surface area contributed by atoms with Crippen LogP contribution in [0.3, 0.4) is 0 Å². The van der Waals surface area contributed by atoms with E-state index >= 15 is 0 Å². The molecule has 0 aliphatic heterocycles. The molecular weight excluding hydrogens is 236 g/mol. The summed E-state index contributed by atoms with van der Waals surface area (Å²) in [6.07, 6.45) is 10.0. The molecule has 104 valence electrons. The van der Waals surface area contributed by atoms with Crippen LogP contribution in [-0.4, -0.2) is 17.3 Å². The Morgan fingerprint density at radius 3 is 2.58 bits per heavy atom. The summed E-state index contributed by atoms with van der Waals surface area (Å²) < 4.78 is 6.08. The first-order chi connectivity index (χ1) is 9.33. The zero-order valence-electron chi connectivity index (χ0n) is 11.6. The second-order valence-electron chi connectivity index (χ2n) is 6.00. The maximum absolute atomic E-state index is 10.2. The van der Waals surface area contributed by atoms with E-state index in [9.17, 15) is 5.11 Å². The van der Waals surface area contributed by atoms with Gasteiger partial charge in [-0.2, -0.15) is 0 Å². The average Bonchev–Trinajstić information content (AvgIpc) is 2.86. The molecule has 2 atom stereocenters. The molecule has 2 nitrogen and oxygen atoms in total. The maximum atomic E-state index is 10.2. The molecule has 1 saturated carbocycles. The van der Waals surface area contributed by atoms with Crippen molar-refractivity contribution < 1.29 is 9.84 Å². The first-order valence-electron chi connectivity index (χ1n) is 7.79. The normalized spacial score (nSPS) is 27.4. The zero-order chi connectivity index (χ0) is 13.1. The van der Waals surface area contributed by atoms with E-state index in [2.05, 4.69) is 18.2 Å². The van der Waals surface area contributed by atoms with Crippen molar-refractivity contribution >= 4 is 0 Å². The van der Waals surface area contributed by atoms with Gasteiger partial charge in [0.25, 0.3) is 0 Å². The third-order valence-corrected chi connectivity index (χ3v) is 4.53. The van der Waals surface area contributed by atoms with Crippen LogP contribution in [0.15, 0.2) is 18.2 Å². The van der Waals surface area contributed by atoms with E-state index in [1.807, 2.05) is 0 Å². The molecule has 2 heteroatoms. The number of fused-ring (bicyclic) bond motifs is 1. The monoisotopic (exact) mass is 260 g/mol. The number of aliphatic hydroxyl groups excluding tert-OH is 1. The van der Waals surface area contributed by atoms with E-state index in [4.69, 9.17) is 4.74 Å². The van der Waals surface area contributed by atoms with E-state index in [0.29, 0.717) is 0 Å². The highest BCUT2D eigenvalue weighted by atomic mass is 16.5. The molecule has 0 amide bonds. The molecule has 1 fully saturated rings. The highest BCUT2D eigenvalue weighted by Gasteiger charge is 2.22. The number of ether oxygens (including phenoxy) is 1. The Labute approximate surface area is 115 Å². The van der Waals surface area contributed by atoms with Gasteiger partial charge in [0.15, 0.2) is 0 Å². The number of hydrogen-bond acceptors (Lipinski definition) is 2. The minimum Gasteiger partial charge on any atom is -0.488 e. The van der Waals surface area contributed by atoms with Gasteiger partial charge in [-0.05, 0) is 61.8 Å². The number of aryl methyl sites for hydroxylation is 2. The Morgan fingerprint density at radius 2 is 1.68 bits per heavy atom. The third-order valence-electron chi connectivity index (χ3n) is 4.53. The van der Waals surface area contributed by atoms with Crippen LogP contribution in [0.5, 0.6) is 5.75 Å². The lowest BCUT2D eigenvalue weighted by Gasteiger charge is -2.26. The van der Waals surface area contributed by atoms with Gasteiger partial charge in [-0.25, -0.2) is 0 Å². The molecule has 0 aromatic heterocycles. The number of benzene rings is 1. The molecule has 1 aromatic carbocycles. The van der Waals surface area contributed by atoms with Crippen molar-refractivity contribution in [2.24, 2.45) is 0 Å². The van der Waals surface area contributed by atoms with Gasteiger partial charge in [0.1, 0.15) is 11.9 Å². The highest BCUT2D eigenvalue weighted by molar-refractivity contribution is 5.38. The summed E-state index contributed by atoms with van der Waals surface area (Å²) in [6, 6.07) is 6.47. The molecule has 1 aromatic rings. The lowest BCUT2D eigenvalue weighted by molar-refractivity contribution is 0.0187. The smallest absolute Gasteiger partial charge is 0.124 e. The molecule has 2 aliphatic rings. The van der Waals surface area contributed by atoms with Crippen LogP contribution in [0.1, 0.15) is 56.1 Å². The van der Waals surface area contributed by atoms with Crippen molar-refractivity contribution in [1.82, 2.24) is 0 Å². The van der Waals surface area contributed by atoms with Crippen LogP contribution in [0.25, 0.3) is 0 Å². The van der Waals surface area contributed by atoms with E-state index in [1.165, 1.54) is 49.7 Å². The summed E-state index contributed by atoms with van der Waals surface area (Å²) in [5.74, 6) is 0.949. The number of hydrogen-bond donors (Lipinski definition) is 1. The summed E-state index contributed by atoms with van der Waals surface area (Å²) in [5, 5.41) is 10.2. The van der Waals surface area contributed by atoms with Gasteiger partial charge in [0, 0.05) is 0 Å².